The third-order valence-corrected chi connectivity index (χ3v) is 5.67. The molecule has 1 heterocycles. The van der Waals surface area contributed by atoms with Crippen LogP contribution in [0.5, 0.6) is 0 Å². The zero-order valence-electron chi connectivity index (χ0n) is 17.4. The number of nitrogens with zero attached hydrogens (tertiary/aromatic N) is 1. The molecule has 3 rings (SSSR count). The van der Waals surface area contributed by atoms with Crippen molar-refractivity contribution in [1.29, 1.82) is 0 Å². The van der Waals surface area contributed by atoms with E-state index in [-0.39, 0.29) is 11.9 Å². The number of benzene rings is 2. The first-order chi connectivity index (χ1) is 14.0. The third kappa shape index (κ3) is 6.34. The molecule has 0 spiro atoms. The van der Waals surface area contributed by atoms with Gasteiger partial charge >= 0.3 is 6.03 Å². The van der Waals surface area contributed by atoms with Crippen molar-refractivity contribution in [3.8, 4) is 0 Å². The predicted molar refractivity (Wildman–Crippen MR) is 117 cm³/mol. The van der Waals surface area contributed by atoms with Crippen LogP contribution in [-0.2, 0) is 11.3 Å². The second-order valence-corrected chi connectivity index (χ2v) is 7.98. The highest BCUT2D eigenvalue weighted by Crippen LogP contribution is 2.22. The number of likely N-dealkylation sites (tertiary alicyclic amines) is 1. The van der Waals surface area contributed by atoms with Crippen LogP contribution in [0.1, 0.15) is 42.4 Å². The number of piperidine rings is 1. The molecule has 1 atom stereocenters. The molecule has 0 radical (unpaired) electrons. The van der Waals surface area contributed by atoms with E-state index in [1.54, 1.807) is 0 Å². The molecule has 1 saturated heterocycles. The van der Waals surface area contributed by atoms with Gasteiger partial charge in [-0.15, -0.1) is 0 Å². The number of carbonyl (C=O) groups excluding carboxylic acids is 2. The van der Waals surface area contributed by atoms with Gasteiger partial charge in [0.2, 0.25) is 5.91 Å². The first-order valence-electron chi connectivity index (χ1n) is 10.4. The maximum Gasteiger partial charge on any atom is 0.321 e. The molecule has 0 aromatic heterocycles. The summed E-state index contributed by atoms with van der Waals surface area (Å²) in [4.78, 5) is 26.6. The molecule has 154 valence electrons. The standard InChI is InChI=1S/C24H31N3O2/c1-18-10-11-21(15-19(18)2)16-25-23(28)13-12-20-7-6-14-27(17-20)24(29)26-22-8-4-3-5-9-22/h3-5,8-11,15,20H,6-7,12-14,16-17H2,1-2H3,(H,25,28)(H,26,29)/t20-/m1/s1. The molecule has 0 saturated carbocycles. The number of rotatable bonds is 6. The summed E-state index contributed by atoms with van der Waals surface area (Å²) in [7, 11) is 0. The van der Waals surface area contributed by atoms with Gasteiger partial charge in [-0.3, -0.25) is 4.79 Å². The second kappa shape index (κ2) is 10.1. The Morgan fingerprint density at radius 1 is 1.07 bits per heavy atom. The van der Waals surface area contributed by atoms with Gasteiger partial charge in [0.15, 0.2) is 0 Å². The molecule has 1 aliphatic heterocycles. The van der Waals surface area contributed by atoms with E-state index in [4.69, 9.17) is 0 Å². The van der Waals surface area contributed by atoms with Crippen molar-refractivity contribution in [2.24, 2.45) is 5.92 Å². The van der Waals surface area contributed by atoms with Gasteiger partial charge < -0.3 is 15.5 Å². The Balaban J connectivity index is 1.41. The van der Waals surface area contributed by atoms with E-state index < -0.39 is 0 Å². The van der Waals surface area contributed by atoms with Gasteiger partial charge in [-0.1, -0.05) is 36.4 Å². The number of para-hydroxylation sites is 1. The summed E-state index contributed by atoms with van der Waals surface area (Å²) in [5.74, 6) is 0.451. The zero-order chi connectivity index (χ0) is 20.6. The summed E-state index contributed by atoms with van der Waals surface area (Å²) in [6.45, 7) is 6.22. The minimum atomic E-state index is -0.0555. The quantitative estimate of drug-likeness (QED) is 0.751. The lowest BCUT2D eigenvalue weighted by atomic mass is 9.93. The summed E-state index contributed by atoms with van der Waals surface area (Å²) >= 11 is 0. The van der Waals surface area contributed by atoms with Crippen LogP contribution in [0.4, 0.5) is 10.5 Å². The van der Waals surface area contributed by atoms with E-state index >= 15 is 0 Å². The van der Waals surface area contributed by atoms with Crippen molar-refractivity contribution in [2.75, 3.05) is 18.4 Å². The Bertz CT molecular complexity index is 835. The average Bonchev–Trinajstić information content (AvgIpc) is 2.74. The van der Waals surface area contributed by atoms with Crippen LogP contribution in [0.2, 0.25) is 0 Å². The van der Waals surface area contributed by atoms with Gasteiger partial charge in [0.25, 0.3) is 0 Å². The van der Waals surface area contributed by atoms with Gasteiger partial charge in [0, 0.05) is 31.7 Å². The lowest BCUT2D eigenvalue weighted by molar-refractivity contribution is -0.121. The Labute approximate surface area is 173 Å². The number of urea groups is 1. The van der Waals surface area contributed by atoms with Gasteiger partial charge in [0.1, 0.15) is 0 Å². The van der Waals surface area contributed by atoms with E-state index in [1.165, 1.54) is 11.1 Å². The molecule has 0 aliphatic carbocycles. The Kier molecular flexibility index (Phi) is 7.28. The summed E-state index contributed by atoms with van der Waals surface area (Å²) in [6.07, 6.45) is 3.37. The average molecular weight is 394 g/mol. The lowest BCUT2D eigenvalue weighted by Gasteiger charge is -2.32. The highest BCUT2D eigenvalue weighted by atomic mass is 16.2. The Hall–Kier alpha value is -2.82. The lowest BCUT2D eigenvalue weighted by Crippen LogP contribution is -2.42. The normalized spacial score (nSPS) is 16.3. The highest BCUT2D eigenvalue weighted by Gasteiger charge is 2.24. The largest absolute Gasteiger partial charge is 0.352 e. The van der Waals surface area contributed by atoms with Crippen LogP contribution in [0, 0.1) is 19.8 Å². The van der Waals surface area contributed by atoms with E-state index in [1.807, 2.05) is 35.2 Å². The summed E-state index contributed by atoms with van der Waals surface area (Å²) in [5.41, 5.74) is 4.44. The van der Waals surface area contributed by atoms with Crippen molar-refractivity contribution in [2.45, 2.75) is 46.1 Å². The fourth-order valence-corrected chi connectivity index (χ4v) is 3.75. The van der Waals surface area contributed by atoms with Crippen LogP contribution in [0.15, 0.2) is 48.5 Å². The molecule has 2 aromatic rings. The molecule has 2 aromatic carbocycles. The molecule has 0 bridgehead atoms. The molecular formula is C24H31N3O2. The van der Waals surface area contributed by atoms with Gasteiger partial charge in [-0.25, -0.2) is 4.79 Å². The fraction of sp³-hybridized carbons (Fsp3) is 0.417. The Morgan fingerprint density at radius 2 is 1.86 bits per heavy atom. The smallest absolute Gasteiger partial charge is 0.321 e. The molecule has 0 unspecified atom stereocenters. The predicted octanol–water partition coefficient (Wildman–Crippen LogP) is 4.64. The number of anilines is 1. The molecule has 3 amide bonds. The number of hydrogen-bond donors (Lipinski definition) is 2. The molecule has 1 fully saturated rings. The van der Waals surface area contributed by atoms with Crippen molar-refractivity contribution < 1.29 is 9.59 Å². The van der Waals surface area contributed by atoms with Gasteiger partial charge in [0.05, 0.1) is 0 Å². The first-order valence-corrected chi connectivity index (χ1v) is 10.4. The molecule has 29 heavy (non-hydrogen) atoms. The number of aryl methyl sites for hydroxylation is 2. The van der Waals surface area contributed by atoms with E-state index in [0.29, 0.717) is 25.4 Å². The summed E-state index contributed by atoms with van der Waals surface area (Å²) < 4.78 is 0. The van der Waals surface area contributed by atoms with Crippen LogP contribution in [0.3, 0.4) is 0 Å². The van der Waals surface area contributed by atoms with Gasteiger partial charge in [-0.2, -0.15) is 0 Å². The second-order valence-electron chi connectivity index (χ2n) is 7.98. The maximum atomic E-state index is 12.5. The van der Waals surface area contributed by atoms with E-state index in [0.717, 1.165) is 37.1 Å². The monoisotopic (exact) mass is 393 g/mol. The Morgan fingerprint density at radius 3 is 2.62 bits per heavy atom. The van der Waals surface area contributed by atoms with Crippen molar-refractivity contribution in [1.82, 2.24) is 10.2 Å². The summed E-state index contributed by atoms with van der Waals surface area (Å²) in [6, 6.07) is 15.7. The first kappa shape index (κ1) is 20.9. The molecular weight excluding hydrogens is 362 g/mol. The molecule has 2 N–H and O–H groups in total. The van der Waals surface area contributed by atoms with Crippen molar-refractivity contribution >= 4 is 17.6 Å². The minimum absolute atomic E-state index is 0.0555. The molecule has 1 aliphatic rings. The maximum absolute atomic E-state index is 12.5. The van der Waals surface area contributed by atoms with Crippen molar-refractivity contribution in [3.05, 3.63) is 65.2 Å². The van der Waals surface area contributed by atoms with Crippen LogP contribution in [0.25, 0.3) is 0 Å². The fourth-order valence-electron chi connectivity index (χ4n) is 3.75. The third-order valence-electron chi connectivity index (χ3n) is 5.67. The van der Waals surface area contributed by atoms with E-state index in [2.05, 4.69) is 42.7 Å². The highest BCUT2D eigenvalue weighted by molar-refractivity contribution is 5.89. The zero-order valence-corrected chi connectivity index (χ0v) is 17.4. The SMILES string of the molecule is Cc1ccc(CNC(=O)CC[C@H]2CCCN(C(=O)Nc3ccccc3)C2)cc1C. The van der Waals surface area contributed by atoms with Crippen molar-refractivity contribution in [3.63, 3.8) is 0 Å². The molecule has 5 nitrogen and oxygen atoms in total. The van der Waals surface area contributed by atoms with E-state index in [9.17, 15) is 9.59 Å². The van der Waals surface area contributed by atoms with Gasteiger partial charge in [-0.05, 0) is 67.9 Å². The summed E-state index contributed by atoms with van der Waals surface area (Å²) in [5, 5.41) is 5.97. The van der Waals surface area contributed by atoms with Crippen LogP contribution < -0.4 is 10.6 Å². The number of carbonyl (C=O) groups is 2. The number of amides is 3. The van der Waals surface area contributed by atoms with Crippen LogP contribution >= 0.6 is 0 Å². The topological polar surface area (TPSA) is 61.4 Å². The van der Waals surface area contributed by atoms with Crippen LogP contribution in [-0.4, -0.2) is 29.9 Å². The number of nitrogens with one attached hydrogen (secondary N) is 2. The minimum Gasteiger partial charge on any atom is -0.352 e. The molecule has 5 heteroatoms. The number of hydrogen-bond acceptors (Lipinski definition) is 2.